The maximum Gasteiger partial charge on any atom is 0.343 e. The Bertz CT molecular complexity index is 1220. The molecular formula is C36H51N2O5. The van der Waals surface area contributed by atoms with Gasteiger partial charge in [-0.15, -0.1) is 10.3 Å². The lowest BCUT2D eigenvalue weighted by molar-refractivity contribution is -0.288. The second-order valence-corrected chi connectivity index (χ2v) is 13.1. The summed E-state index contributed by atoms with van der Waals surface area (Å²) in [6, 6.07) is 13.1. The molecular weight excluding hydrogens is 540 g/mol. The molecule has 0 bridgehead atoms. The number of aliphatic imine (C=N–C) groups is 1. The molecule has 1 saturated heterocycles. The third-order valence-corrected chi connectivity index (χ3v) is 8.16. The molecule has 0 atom stereocenters. The van der Waals surface area contributed by atoms with Gasteiger partial charge in [-0.25, -0.2) is 4.79 Å². The molecule has 0 N–H and O–H groups in total. The summed E-state index contributed by atoms with van der Waals surface area (Å²) < 4.78 is 11.3. The van der Waals surface area contributed by atoms with E-state index in [2.05, 4.69) is 6.92 Å². The number of unbranched alkanes of at least 4 members (excludes halogenated alkanes) is 9. The number of carbonyl (C=O) groups is 1. The van der Waals surface area contributed by atoms with Crippen LogP contribution >= 0.6 is 0 Å². The number of ether oxygens (including phenoxy) is 2. The molecule has 235 valence electrons. The third kappa shape index (κ3) is 11.2. The average Bonchev–Trinajstić information content (AvgIpc) is 3.14. The van der Waals surface area contributed by atoms with E-state index in [1.807, 2.05) is 27.7 Å². The molecule has 2 aromatic carbocycles. The number of hydrogen-bond donors (Lipinski definition) is 0. The van der Waals surface area contributed by atoms with E-state index in [-0.39, 0.29) is 17.2 Å². The summed E-state index contributed by atoms with van der Waals surface area (Å²) in [5.41, 5.74) is -0.170. The summed E-state index contributed by atoms with van der Waals surface area (Å²) in [6.45, 7) is 10.7. The van der Waals surface area contributed by atoms with Crippen molar-refractivity contribution in [3.63, 3.8) is 0 Å². The molecule has 43 heavy (non-hydrogen) atoms. The number of piperidine rings is 1. The highest BCUT2D eigenvalue weighted by Crippen LogP contribution is 2.38. The number of nitrogens with zero attached hydrogens (tertiary/aromatic N) is 2. The Morgan fingerprint density at radius 3 is 2.00 bits per heavy atom. The largest absolute Gasteiger partial charge is 0.494 e. The van der Waals surface area contributed by atoms with Crippen LogP contribution in [-0.4, -0.2) is 41.0 Å². The molecule has 0 aromatic heterocycles. The molecule has 1 heterocycles. The standard InChI is InChI=1S/C36H51N2O5/c1-6-7-8-9-10-11-12-13-14-15-24-42-31-20-22-32(39)33(23-21-31)43-34(40)29-18-16-28(17-19-29)27-37-30-25-35(2,3)38(41)36(4,5)26-30/h16-23,27,30H,6-15,24-26H2,1-5H3. The van der Waals surface area contributed by atoms with Crippen molar-refractivity contribution in [3.8, 4) is 11.5 Å². The highest BCUT2D eigenvalue weighted by molar-refractivity contribution is 5.92. The predicted octanol–water partition coefficient (Wildman–Crippen LogP) is 8.35. The Balaban J connectivity index is 1.45. The first-order chi connectivity index (χ1) is 20.5. The van der Waals surface area contributed by atoms with Gasteiger partial charge in [-0.2, -0.15) is 0 Å². The van der Waals surface area contributed by atoms with Gasteiger partial charge in [-0.05, 0) is 88.9 Å². The fraction of sp³-hybridized carbons (Fsp3) is 0.583. The van der Waals surface area contributed by atoms with Gasteiger partial charge in [-0.3, -0.25) is 9.79 Å². The van der Waals surface area contributed by atoms with Crippen molar-refractivity contribution in [1.82, 2.24) is 5.06 Å². The fourth-order valence-electron chi connectivity index (χ4n) is 5.87. The van der Waals surface area contributed by atoms with Crippen LogP contribution in [0.25, 0.3) is 0 Å². The first-order valence-corrected chi connectivity index (χ1v) is 16.1. The highest BCUT2D eigenvalue weighted by atomic mass is 16.5. The first kappa shape index (κ1) is 34.5. The summed E-state index contributed by atoms with van der Waals surface area (Å²) in [5, 5.41) is 13.8. The first-order valence-electron chi connectivity index (χ1n) is 16.1. The lowest BCUT2D eigenvalue weighted by Crippen LogP contribution is -2.59. The second kappa shape index (κ2) is 16.7. The molecule has 1 fully saturated rings. The predicted molar refractivity (Wildman–Crippen MR) is 173 cm³/mol. The van der Waals surface area contributed by atoms with Crippen LogP contribution in [0.3, 0.4) is 0 Å². The van der Waals surface area contributed by atoms with Gasteiger partial charge in [0.15, 0.2) is 5.75 Å². The Morgan fingerprint density at radius 1 is 0.837 bits per heavy atom. The lowest BCUT2D eigenvalue weighted by atomic mass is 9.79. The van der Waals surface area contributed by atoms with Crippen molar-refractivity contribution < 1.29 is 19.5 Å². The highest BCUT2D eigenvalue weighted by Gasteiger charge is 2.46. The Morgan fingerprint density at radius 2 is 1.40 bits per heavy atom. The third-order valence-electron chi connectivity index (χ3n) is 8.16. The summed E-state index contributed by atoms with van der Waals surface area (Å²) in [4.78, 5) is 30.0. The van der Waals surface area contributed by atoms with Crippen LogP contribution in [0.4, 0.5) is 0 Å². The van der Waals surface area contributed by atoms with Gasteiger partial charge in [0, 0.05) is 17.3 Å². The number of benzene rings is 1. The zero-order chi connectivity index (χ0) is 31.3. The van der Waals surface area contributed by atoms with Crippen molar-refractivity contribution in [2.24, 2.45) is 4.99 Å². The van der Waals surface area contributed by atoms with Crippen LogP contribution < -0.4 is 14.9 Å². The average molecular weight is 592 g/mol. The zero-order valence-electron chi connectivity index (χ0n) is 26.9. The van der Waals surface area contributed by atoms with E-state index < -0.39 is 17.0 Å². The molecule has 3 rings (SSSR count). The van der Waals surface area contributed by atoms with Crippen molar-refractivity contribution in [1.29, 1.82) is 0 Å². The van der Waals surface area contributed by atoms with Crippen LogP contribution in [0, 0.1) is 0 Å². The molecule has 1 aliphatic heterocycles. The number of esters is 1. The number of hydroxylamine groups is 2. The van der Waals surface area contributed by atoms with Crippen LogP contribution in [0.15, 0.2) is 58.3 Å². The summed E-state index contributed by atoms with van der Waals surface area (Å²) in [5.74, 6) is -0.0722. The molecule has 0 aliphatic carbocycles. The van der Waals surface area contributed by atoms with Gasteiger partial charge in [0.25, 0.3) is 0 Å². The molecule has 1 aliphatic rings. The van der Waals surface area contributed by atoms with Crippen LogP contribution in [0.2, 0.25) is 0 Å². The van der Waals surface area contributed by atoms with Crippen molar-refractivity contribution in [2.45, 2.75) is 129 Å². The van der Waals surface area contributed by atoms with Crippen LogP contribution in [-0.2, 0) is 5.21 Å². The van der Waals surface area contributed by atoms with Gasteiger partial charge < -0.3 is 9.47 Å². The topological polar surface area (TPSA) is 88.1 Å². The smallest absolute Gasteiger partial charge is 0.343 e. The van der Waals surface area contributed by atoms with E-state index in [1.165, 1.54) is 68.6 Å². The second-order valence-electron chi connectivity index (χ2n) is 13.1. The van der Waals surface area contributed by atoms with E-state index in [4.69, 9.17) is 14.5 Å². The molecule has 0 saturated carbocycles. The van der Waals surface area contributed by atoms with Gasteiger partial charge in [0.1, 0.15) is 5.75 Å². The fourth-order valence-corrected chi connectivity index (χ4v) is 5.87. The normalized spacial score (nSPS) is 16.8. The van der Waals surface area contributed by atoms with Gasteiger partial charge in [0.2, 0.25) is 5.43 Å². The van der Waals surface area contributed by atoms with Crippen LogP contribution in [0.5, 0.6) is 11.5 Å². The zero-order valence-corrected chi connectivity index (χ0v) is 26.9. The van der Waals surface area contributed by atoms with E-state index in [0.717, 1.165) is 18.4 Å². The molecule has 0 spiro atoms. The SMILES string of the molecule is CCCCCCCCCCCCOc1ccc(OC(=O)c2ccc(C=NC3CC(C)(C)N([O])C(C)(C)C3)cc2)c(=O)cc1. The van der Waals surface area contributed by atoms with E-state index in [9.17, 15) is 14.8 Å². The monoisotopic (exact) mass is 591 g/mol. The minimum Gasteiger partial charge on any atom is -0.494 e. The molecule has 0 amide bonds. The van der Waals surface area contributed by atoms with Crippen molar-refractivity contribution >= 4 is 12.2 Å². The summed E-state index contributed by atoms with van der Waals surface area (Å²) in [7, 11) is 0. The van der Waals surface area contributed by atoms with Crippen molar-refractivity contribution in [3.05, 3.63) is 69.9 Å². The maximum atomic E-state index is 12.8. The van der Waals surface area contributed by atoms with Crippen molar-refractivity contribution in [2.75, 3.05) is 6.61 Å². The Hall–Kier alpha value is -3.03. The number of carbonyl (C=O) groups excluding carboxylic acids is 1. The number of rotatable bonds is 16. The summed E-state index contributed by atoms with van der Waals surface area (Å²) in [6.07, 6.45) is 15.7. The molecule has 2 aromatic rings. The molecule has 1 radical (unpaired) electrons. The quantitative estimate of drug-likeness (QED) is 0.111. The van der Waals surface area contributed by atoms with E-state index >= 15 is 0 Å². The minimum absolute atomic E-state index is 0.0397. The molecule has 7 nitrogen and oxygen atoms in total. The molecule has 0 unspecified atom stereocenters. The minimum atomic E-state index is -0.606. The lowest BCUT2D eigenvalue weighted by Gasteiger charge is -2.48. The molecule has 7 heteroatoms. The van der Waals surface area contributed by atoms with Gasteiger partial charge in [0.05, 0.1) is 18.2 Å². The van der Waals surface area contributed by atoms with E-state index in [1.54, 1.807) is 42.6 Å². The van der Waals surface area contributed by atoms with Gasteiger partial charge in [-0.1, -0.05) is 76.8 Å². The summed E-state index contributed by atoms with van der Waals surface area (Å²) >= 11 is 0. The number of hydrogen-bond acceptors (Lipinski definition) is 6. The Labute approximate surface area is 258 Å². The van der Waals surface area contributed by atoms with Gasteiger partial charge >= 0.3 is 5.97 Å². The van der Waals surface area contributed by atoms with E-state index in [0.29, 0.717) is 30.8 Å². The Kier molecular flexibility index (Phi) is 13.4. The maximum absolute atomic E-state index is 12.8. The van der Waals surface area contributed by atoms with Crippen LogP contribution in [0.1, 0.15) is 128 Å².